The van der Waals surface area contributed by atoms with Gasteiger partial charge in [-0.25, -0.2) is 4.79 Å². The second-order valence-corrected chi connectivity index (χ2v) is 7.15. The number of rotatable bonds is 10. The lowest BCUT2D eigenvalue weighted by Crippen LogP contribution is -2.24. The average molecular weight is 463 g/mol. The molecule has 3 aromatic carbocycles. The molecule has 0 unspecified atom stereocenters. The van der Waals surface area contributed by atoms with Crippen molar-refractivity contribution in [3.8, 4) is 11.5 Å². The number of carbonyl (C=O) groups excluding carboxylic acids is 3. The van der Waals surface area contributed by atoms with Crippen LogP contribution in [0.3, 0.4) is 0 Å². The Kier molecular flexibility index (Phi) is 9.04. The number of benzene rings is 3. The molecule has 0 aliphatic carbocycles. The van der Waals surface area contributed by atoms with E-state index in [2.05, 4.69) is 10.6 Å². The van der Waals surface area contributed by atoms with Gasteiger partial charge in [0.2, 0.25) is 5.91 Å². The summed E-state index contributed by atoms with van der Waals surface area (Å²) in [6.45, 7) is 2.58. The van der Waals surface area contributed by atoms with Gasteiger partial charge in [-0.2, -0.15) is 0 Å². The topological polar surface area (TPSA) is 103 Å². The SMILES string of the molecule is CCOC(=O)Oc1ccc(C(=O)Nc2ccc(CNC(=O)CCOc3ccccc3)cc2)cc1. The fraction of sp³-hybridized carbons (Fsp3) is 0.192. The molecule has 0 saturated heterocycles. The average Bonchev–Trinajstić information content (AvgIpc) is 2.85. The summed E-state index contributed by atoms with van der Waals surface area (Å²) < 4.78 is 15.2. The van der Waals surface area contributed by atoms with Gasteiger partial charge in [-0.3, -0.25) is 9.59 Å². The Labute approximate surface area is 197 Å². The van der Waals surface area contributed by atoms with Gasteiger partial charge in [0.15, 0.2) is 0 Å². The maximum absolute atomic E-state index is 12.4. The van der Waals surface area contributed by atoms with Gasteiger partial charge in [-0.15, -0.1) is 0 Å². The fourth-order valence-electron chi connectivity index (χ4n) is 2.89. The number of anilines is 1. The molecule has 2 amide bonds. The Bertz CT molecular complexity index is 1080. The minimum atomic E-state index is -0.795. The molecule has 3 rings (SSSR count). The summed E-state index contributed by atoms with van der Waals surface area (Å²) in [5, 5.41) is 5.65. The molecule has 176 valence electrons. The van der Waals surface area contributed by atoms with Crippen LogP contribution < -0.4 is 20.1 Å². The normalized spacial score (nSPS) is 10.1. The Morgan fingerprint density at radius 1 is 0.824 bits per heavy atom. The number of ether oxygens (including phenoxy) is 3. The number of carbonyl (C=O) groups is 3. The lowest BCUT2D eigenvalue weighted by atomic mass is 10.1. The predicted octanol–water partition coefficient (Wildman–Crippen LogP) is 4.56. The second-order valence-electron chi connectivity index (χ2n) is 7.15. The van der Waals surface area contributed by atoms with Crippen LogP contribution >= 0.6 is 0 Å². The van der Waals surface area contributed by atoms with E-state index in [0.29, 0.717) is 24.4 Å². The number of hydrogen-bond donors (Lipinski definition) is 2. The Morgan fingerprint density at radius 3 is 2.21 bits per heavy atom. The molecule has 0 aliphatic heterocycles. The molecule has 0 fully saturated rings. The first kappa shape index (κ1) is 24.3. The monoisotopic (exact) mass is 462 g/mol. The van der Waals surface area contributed by atoms with Crippen LogP contribution in [-0.4, -0.2) is 31.2 Å². The molecule has 8 nitrogen and oxygen atoms in total. The van der Waals surface area contributed by atoms with Crippen LogP contribution in [0.5, 0.6) is 11.5 Å². The standard InChI is InChI=1S/C26H26N2O6/c1-2-32-26(31)34-23-14-10-20(11-15-23)25(30)28-21-12-8-19(9-13-21)18-27-24(29)16-17-33-22-6-4-3-5-7-22/h3-15H,2,16-18H2,1H3,(H,27,29)(H,28,30). The van der Waals surface area contributed by atoms with Crippen LogP contribution in [-0.2, 0) is 16.1 Å². The molecule has 0 atom stereocenters. The summed E-state index contributed by atoms with van der Waals surface area (Å²) in [6.07, 6.45) is -0.538. The molecule has 2 N–H and O–H groups in total. The van der Waals surface area contributed by atoms with E-state index in [1.807, 2.05) is 42.5 Å². The molecule has 8 heteroatoms. The lowest BCUT2D eigenvalue weighted by Gasteiger charge is -2.09. The second kappa shape index (κ2) is 12.6. The van der Waals surface area contributed by atoms with E-state index in [1.54, 1.807) is 31.2 Å². The van der Waals surface area contributed by atoms with Crippen LogP contribution in [0.4, 0.5) is 10.5 Å². The third kappa shape index (κ3) is 7.98. The van der Waals surface area contributed by atoms with Crippen molar-refractivity contribution in [1.29, 1.82) is 0 Å². The lowest BCUT2D eigenvalue weighted by molar-refractivity contribution is -0.121. The maximum Gasteiger partial charge on any atom is 0.513 e. The summed E-state index contributed by atoms with van der Waals surface area (Å²) in [5.74, 6) is 0.604. The van der Waals surface area contributed by atoms with Crippen molar-refractivity contribution in [1.82, 2.24) is 5.32 Å². The van der Waals surface area contributed by atoms with E-state index in [-0.39, 0.29) is 30.6 Å². The van der Waals surface area contributed by atoms with Crippen LogP contribution in [0, 0.1) is 0 Å². The molecule has 0 heterocycles. The highest BCUT2D eigenvalue weighted by Gasteiger charge is 2.09. The third-order valence-electron chi connectivity index (χ3n) is 4.62. The van der Waals surface area contributed by atoms with Crippen molar-refractivity contribution in [2.24, 2.45) is 0 Å². The third-order valence-corrected chi connectivity index (χ3v) is 4.62. The largest absolute Gasteiger partial charge is 0.513 e. The van der Waals surface area contributed by atoms with E-state index < -0.39 is 6.16 Å². The number of hydrogen-bond acceptors (Lipinski definition) is 6. The van der Waals surface area contributed by atoms with Gasteiger partial charge in [0.1, 0.15) is 11.5 Å². The van der Waals surface area contributed by atoms with Gasteiger partial charge in [-0.05, 0) is 61.0 Å². The molecule has 0 radical (unpaired) electrons. The van der Waals surface area contributed by atoms with Gasteiger partial charge in [-0.1, -0.05) is 30.3 Å². The zero-order valence-corrected chi connectivity index (χ0v) is 18.8. The van der Waals surface area contributed by atoms with E-state index in [4.69, 9.17) is 14.2 Å². The van der Waals surface area contributed by atoms with Crippen LogP contribution in [0.15, 0.2) is 78.9 Å². The van der Waals surface area contributed by atoms with Gasteiger partial charge in [0.05, 0.1) is 19.6 Å². The maximum atomic E-state index is 12.4. The molecule has 0 aliphatic rings. The minimum Gasteiger partial charge on any atom is -0.493 e. The van der Waals surface area contributed by atoms with Crippen molar-refractivity contribution >= 4 is 23.7 Å². The summed E-state index contributed by atoms with van der Waals surface area (Å²) >= 11 is 0. The molecule has 34 heavy (non-hydrogen) atoms. The van der Waals surface area contributed by atoms with Gasteiger partial charge >= 0.3 is 6.16 Å². The highest BCUT2D eigenvalue weighted by Crippen LogP contribution is 2.16. The van der Waals surface area contributed by atoms with Crippen molar-refractivity contribution in [2.45, 2.75) is 19.9 Å². The molecule has 0 aromatic heterocycles. The fourth-order valence-corrected chi connectivity index (χ4v) is 2.89. The molecule has 3 aromatic rings. The summed E-state index contributed by atoms with van der Waals surface area (Å²) in [4.78, 5) is 35.8. The van der Waals surface area contributed by atoms with Crippen molar-refractivity contribution in [3.63, 3.8) is 0 Å². The van der Waals surface area contributed by atoms with E-state index in [0.717, 1.165) is 11.3 Å². The predicted molar refractivity (Wildman–Crippen MR) is 127 cm³/mol. The first-order valence-electron chi connectivity index (χ1n) is 10.8. The first-order chi connectivity index (χ1) is 16.5. The zero-order valence-electron chi connectivity index (χ0n) is 18.8. The molecular weight excluding hydrogens is 436 g/mol. The Hall–Kier alpha value is -4.33. The zero-order chi connectivity index (χ0) is 24.2. The van der Waals surface area contributed by atoms with Gasteiger partial charge < -0.3 is 24.8 Å². The number of amides is 2. The van der Waals surface area contributed by atoms with Crippen LogP contribution in [0.1, 0.15) is 29.3 Å². The van der Waals surface area contributed by atoms with Crippen LogP contribution in [0.25, 0.3) is 0 Å². The molecule has 0 saturated carbocycles. The smallest absolute Gasteiger partial charge is 0.493 e. The quantitative estimate of drug-likeness (QED) is 0.338. The van der Waals surface area contributed by atoms with Crippen molar-refractivity contribution in [2.75, 3.05) is 18.5 Å². The first-order valence-corrected chi connectivity index (χ1v) is 10.8. The van der Waals surface area contributed by atoms with Crippen molar-refractivity contribution < 1.29 is 28.6 Å². The van der Waals surface area contributed by atoms with Gasteiger partial charge in [0.25, 0.3) is 5.91 Å². The minimum absolute atomic E-state index is 0.108. The Balaban J connectivity index is 1.41. The molecule has 0 spiro atoms. The van der Waals surface area contributed by atoms with E-state index >= 15 is 0 Å². The summed E-state index contributed by atoms with van der Waals surface area (Å²) in [6, 6.07) is 22.6. The van der Waals surface area contributed by atoms with Crippen LogP contribution in [0.2, 0.25) is 0 Å². The summed E-state index contributed by atoms with van der Waals surface area (Å²) in [7, 11) is 0. The van der Waals surface area contributed by atoms with E-state index in [1.165, 1.54) is 12.1 Å². The summed E-state index contributed by atoms with van der Waals surface area (Å²) in [5.41, 5.74) is 1.92. The van der Waals surface area contributed by atoms with Crippen molar-refractivity contribution in [3.05, 3.63) is 90.0 Å². The number of nitrogens with one attached hydrogen (secondary N) is 2. The number of para-hydroxylation sites is 1. The highest BCUT2D eigenvalue weighted by molar-refractivity contribution is 6.04. The van der Waals surface area contributed by atoms with Gasteiger partial charge in [0, 0.05) is 17.8 Å². The molecule has 0 bridgehead atoms. The highest BCUT2D eigenvalue weighted by atomic mass is 16.7. The molecular formula is C26H26N2O6. The Morgan fingerprint density at radius 2 is 1.53 bits per heavy atom. The van der Waals surface area contributed by atoms with E-state index in [9.17, 15) is 14.4 Å².